The van der Waals surface area contributed by atoms with Gasteiger partial charge in [-0.25, -0.2) is 4.79 Å². The number of nitrogens with one attached hydrogen (secondary N) is 1. The molecule has 2 heterocycles. The summed E-state index contributed by atoms with van der Waals surface area (Å²) < 4.78 is 10.9. The average molecular weight is 416 g/mol. The number of carbonyl (C=O) groups excluding carboxylic acids is 2. The molecule has 0 saturated heterocycles. The van der Waals surface area contributed by atoms with E-state index in [-0.39, 0.29) is 19.1 Å². The van der Waals surface area contributed by atoms with E-state index in [0.29, 0.717) is 16.3 Å². The Labute approximate surface area is 171 Å². The Morgan fingerprint density at radius 3 is 2.64 bits per heavy atom. The second-order valence-corrected chi connectivity index (χ2v) is 7.91. The van der Waals surface area contributed by atoms with Crippen LogP contribution in [0, 0.1) is 13.8 Å². The molecule has 1 aromatic carbocycles. The fourth-order valence-electron chi connectivity index (χ4n) is 2.66. The van der Waals surface area contributed by atoms with Crippen LogP contribution in [0.3, 0.4) is 0 Å². The van der Waals surface area contributed by atoms with Crippen LogP contribution in [0.15, 0.2) is 41.1 Å². The largest absolute Gasteiger partial charge is 0.483 e. The minimum absolute atomic E-state index is 0.140. The summed E-state index contributed by atoms with van der Waals surface area (Å²) in [6.07, 6.45) is 0. The van der Waals surface area contributed by atoms with Crippen molar-refractivity contribution >= 4 is 39.6 Å². The highest BCUT2D eigenvalue weighted by molar-refractivity contribution is 7.17. The van der Waals surface area contributed by atoms with Gasteiger partial charge in [0.1, 0.15) is 16.3 Å². The number of carbonyl (C=O) groups is 2. The van der Waals surface area contributed by atoms with Gasteiger partial charge in [0.15, 0.2) is 6.61 Å². The van der Waals surface area contributed by atoms with Crippen LogP contribution in [0.1, 0.15) is 28.4 Å². The van der Waals surface area contributed by atoms with Gasteiger partial charge in [-0.2, -0.15) is 0 Å². The van der Waals surface area contributed by atoms with Crippen molar-refractivity contribution in [3.05, 3.63) is 57.8 Å². The lowest BCUT2D eigenvalue weighted by Crippen LogP contribution is -2.21. The van der Waals surface area contributed by atoms with Crippen LogP contribution in [0.2, 0.25) is 0 Å². The molecule has 0 fully saturated rings. The quantitative estimate of drug-likeness (QED) is 0.533. The Morgan fingerprint density at radius 2 is 1.93 bits per heavy atom. The van der Waals surface area contributed by atoms with Crippen molar-refractivity contribution in [3.63, 3.8) is 0 Å². The zero-order valence-corrected chi connectivity index (χ0v) is 17.5. The second kappa shape index (κ2) is 9.03. The van der Waals surface area contributed by atoms with E-state index in [1.54, 1.807) is 6.92 Å². The first kappa shape index (κ1) is 20.1. The monoisotopic (exact) mass is 415 g/mol. The molecule has 3 aromatic rings. The molecule has 28 heavy (non-hydrogen) atoms. The van der Waals surface area contributed by atoms with Crippen molar-refractivity contribution < 1.29 is 19.1 Å². The maximum Gasteiger partial charge on any atom is 0.341 e. The van der Waals surface area contributed by atoms with Gasteiger partial charge in [0.05, 0.1) is 6.61 Å². The second-order valence-electron chi connectivity index (χ2n) is 6.09. The minimum Gasteiger partial charge on any atom is -0.483 e. The van der Waals surface area contributed by atoms with E-state index in [1.807, 2.05) is 54.9 Å². The van der Waals surface area contributed by atoms with Crippen LogP contribution in [0.5, 0.6) is 5.75 Å². The van der Waals surface area contributed by atoms with E-state index in [0.717, 1.165) is 21.6 Å². The fourth-order valence-corrected chi connectivity index (χ4v) is 4.44. The molecule has 3 rings (SSSR count). The van der Waals surface area contributed by atoms with Gasteiger partial charge >= 0.3 is 5.97 Å². The molecule has 1 N–H and O–H groups in total. The van der Waals surface area contributed by atoms with E-state index in [2.05, 4.69) is 5.32 Å². The van der Waals surface area contributed by atoms with Crippen molar-refractivity contribution in [2.45, 2.75) is 20.8 Å². The number of benzene rings is 1. The van der Waals surface area contributed by atoms with Crippen molar-refractivity contribution in [2.75, 3.05) is 18.5 Å². The van der Waals surface area contributed by atoms with Crippen molar-refractivity contribution in [1.29, 1.82) is 0 Å². The van der Waals surface area contributed by atoms with E-state index < -0.39 is 5.97 Å². The number of anilines is 1. The topological polar surface area (TPSA) is 64.6 Å². The van der Waals surface area contributed by atoms with Crippen molar-refractivity contribution in [1.82, 2.24) is 0 Å². The van der Waals surface area contributed by atoms with Crippen molar-refractivity contribution in [2.24, 2.45) is 0 Å². The number of hydrogen-bond acceptors (Lipinski definition) is 6. The highest BCUT2D eigenvalue weighted by atomic mass is 32.1. The van der Waals surface area contributed by atoms with Crippen LogP contribution >= 0.6 is 22.7 Å². The van der Waals surface area contributed by atoms with Gasteiger partial charge in [-0.15, -0.1) is 22.7 Å². The summed E-state index contributed by atoms with van der Waals surface area (Å²) in [6, 6.07) is 9.57. The lowest BCUT2D eigenvalue weighted by atomic mass is 10.1. The zero-order chi connectivity index (χ0) is 20.1. The molecule has 5 nitrogen and oxygen atoms in total. The first-order valence-electron chi connectivity index (χ1n) is 8.82. The normalized spacial score (nSPS) is 10.5. The fraction of sp³-hybridized carbons (Fsp3) is 0.238. The summed E-state index contributed by atoms with van der Waals surface area (Å²) in [7, 11) is 0. The summed E-state index contributed by atoms with van der Waals surface area (Å²) in [6.45, 7) is 5.82. The summed E-state index contributed by atoms with van der Waals surface area (Å²) in [4.78, 5) is 25.9. The van der Waals surface area contributed by atoms with Crippen molar-refractivity contribution in [3.8, 4) is 16.2 Å². The van der Waals surface area contributed by atoms with Gasteiger partial charge in [0.2, 0.25) is 0 Å². The van der Waals surface area contributed by atoms with E-state index >= 15 is 0 Å². The number of ether oxygens (including phenoxy) is 2. The Hall–Kier alpha value is -2.64. The molecule has 7 heteroatoms. The maximum atomic E-state index is 12.5. The highest BCUT2D eigenvalue weighted by Gasteiger charge is 2.23. The van der Waals surface area contributed by atoms with Gasteiger partial charge < -0.3 is 14.8 Å². The summed E-state index contributed by atoms with van der Waals surface area (Å²) in [5.41, 5.74) is 3.25. The van der Waals surface area contributed by atoms with Gasteiger partial charge in [-0.05, 0) is 49.4 Å². The van der Waals surface area contributed by atoms with Crippen LogP contribution < -0.4 is 10.1 Å². The zero-order valence-electron chi connectivity index (χ0n) is 15.9. The molecule has 0 aliphatic rings. The smallest absolute Gasteiger partial charge is 0.341 e. The molecular formula is C21H21NO4S2. The molecule has 0 unspecified atom stereocenters. The molecule has 146 valence electrons. The first-order valence-corrected chi connectivity index (χ1v) is 10.6. The number of rotatable bonds is 7. The highest BCUT2D eigenvalue weighted by Crippen LogP contribution is 2.38. The third-order valence-corrected chi connectivity index (χ3v) is 6.02. The summed E-state index contributed by atoms with van der Waals surface area (Å²) >= 11 is 2.83. The first-order chi connectivity index (χ1) is 13.5. The van der Waals surface area contributed by atoms with E-state index in [1.165, 1.54) is 22.7 Å². The maximum absolute atomic E-state index is 12.5. The molecule has 0 aliphatic carbocycles. The van der Waals surface area contributed by atoms with Crippen LogP contribution in [-0.2, 0) is 9.53 Å². The summed E-state index contributed by atoms with van der Waals surface area (Å²) in [5, 5.41) is 7.07. The Balaban J connectivity index is 1.77. The van der Waals surface area contributed by atoms with Crippen LogP contribution in [-0.4, -0.2) is 25.1 Å². The van der Waals surface area contributed by atoms with Gasteiger partial charge in [-0.3, -0.25) is 4.79 Å². The lowest BCUT2D eigenvalue weighted by Gasteiger charge is -2.11. The molecule has 0 bridgehead atoms. The van der Waals surface area contributed by atoms with Gasteiger partial charge in [-0.1, -0.05) is 18.2 Å². The number of aryl methyl sites for hydroxylation is 1. The number of amides is 1. The minimum atomic E-state index is -0.446. The average Bonchev–Trinajstić information content (AvgIpc) is 3.32. The Kier molecular flexibility index (Phi) is 6.49. The van der Waals surface area contributed by atoms with Gasteiger partial charge in [0.25, 0.3) is 5.91 Å². The summed E-state index contributed by atoms with van der Waals surface area (Å²) in [5.74, 6) is -0.102. The molecule has 0 aliphatic heterocycles. The van der Waals surface area contributed by atoms with Crippen LogP contribution in [0.4, 0.5) is 5.00 Å². The third kappa shape index (κ3) is 4.43. The predicted octanol–water partition coefficient (Wildman–Crippen LogP) is 5.29. The molecule has 2 aromatic heterocycles. The molecular weight excluding hydrogens is 394 g/mol. The van der Waals surface area contributed by atoms with Crippen LogP contribution in [0.25, 0.3) is 10.4 Å². The SMILES string of the molecule is CCOC(=O)c1c(-c2cccs2)csc1NC(=O)COc1cccc(C)c1C. The lowest BCUT2D eigenvalue weighted by molar-refractivity contribution is -0.118. The van der Waals surface area contributed by atoms with E-state index in [4.69, 9.17) is 9.47 Å². The molecule has 0 radical (unpaired) electrons. The van der Waals surface area contributed by atoms with Gasteiger partial charge in [0, 0.05) is 15.8 Å². The number of esters is 1. The Bertz CT molecular complexity index is 976. The molecule has 0 spiro atoms. The predicted molar refractivity (Wildman–Crippen MR) is 114 cm³/mol. The standard InChI is InChI=1S/C21H21NO4S2/c1-4-25-21(24)19-15(17-9-6-10-27-17)12-28-20(19)22-18(23)11-26-16-8-5-7-13(2)14(16)3/h5-10,12H,4,11H2,1-3H3,(H,22,23). The molecule has 0 atom stereocenters. The van der Waals surface area contributed by atoms with E-state index in [9.17, 15) is 9.59 Å². The molecule has 0 saturated carbocycles. The Morgan fingerprint density at radius 1 is 1.11 bits per heavy atom. The number of hydrogen-bond donors (Lipinski definition) is 1. The number of thiophene rings is 2. The third-order valence-electron chi connectivity index (χ3n) is 4.22. The molecule has 1 amide bonds.